The average molecular weight is 382 g/mol. The fourth-order valence-electron chi connectivity index (χ4n) is 2.44. The smallest absolute Gasteiger partial charge is 0.267 e. The van der Waals surface area contributed by atoms with Crippen molar-refractivity contribution in [1.82, 2.24) is 4.72 Å². The second-order valence-electron chi connectivity index (χ2n) is 5.22. The van der Waals surface area contributed by atoms with E-state index in [0.717, 1.165) is 24.3 Å². The summed E-state index contributed by atoms with van der Waals surface area (Å²) in [7, 11) is -8.08. The van der Waals surface area contributed by atoms with Gasteiger partial charge in [0.1, 0.15) is 10.7 Å². The molecule has 0 bridgehead atoms. The molecule has 0 saturated carbocycles. The minimum atomic E-state index is -4.14. The van der Waals surface area contributed by atoms with Gasteiger partial charge >= 0.3 is 0 Å². The van der Waals surface area contributed by atoms with Gasteiger partial charge in [0.2, 0.25) is 10.0 Å². The van der Waals surface area contributed by atoms with E-state index in [0.29, 0.717) is 0 Å². The first-order chi connectivity index (χ1) is 11.6. The number of amides is 1. The Labute approximate surface area is 143 Å². The molecule has 0 spiro atoms. The minimum absolute atomic E-state index is 0.102. The van der Waals surface area contributed by atoms with Crippen molar-refractivity contribution in [3.8, 4) is 0 Å². The zero-order valence-corrected chi connectivity index (χ0v) is 14.1. The molecule has 3 N–H and O–H groups in total. The van der Waals surface area contributed by atoms with Crippen LogP contribution < -0.4 is 9.86 Å². The Morgan fingerprint density at radius 3 is 1.96 bits per heavy atom. The van der Waals surface area contributed by atoms with Crippen molar-refractivity contribution < 1.29 is 26.0 Å². The summed E-state index contributed by atoms with van der Waals surface area (Å²) in [6.07, 6.45) is 0. The highest BCUT2D eigenvalue weighted by atomic mass is 32.2. The number of sulfonamides is 2. The van der Waals surface area contributed by atoms with E-state index in [1.54, 1.807) is 0 Å². The van der Waals surface area contributed by atoms with Crippen LogP contribution in [0.2, 0.25) is 0 Å². The number of carbonyl (C=O) groups is 1. The average Bonchev–Trinajstić information content (AvgIpc) is 2.76. The molecule has 25 heavy (non-hydrogen) atoms. The maximum Gasteiger partial charge on any atom is 0.267 e. The Balaban J connectivity index is 2.24. The molecule has 1 heterocycles. The molecule has 1 amide bonds. The first kappa shape index (κ1) is 17.3. The molecule has 7 nitrogen and oxygen atoms in total. The summed E-state index contributed by atoms with van der Waals surface area (Å²) in [5.74, 6) is -1.39. The predicted octanol–water partition coefficient (Wildman–Crippen LogP) is 0.801. The highest BCUT2D eigenvalue weighted by Gasteiger charge is 2.37. The van der Waals surface area contributed by atoms with Crippen molar-refractivity contribution in [2.75, 3.05) is 0 Å². The molecule has 0 aromatic heterocycles. The van der Waals surface area contributed by atoms with Crippen LogP contribution in [0.5, 0.6) is 0 Å². The van der Waals surface area contributed by atoms with Crippen LogP contribution in [0.4, 0.5) is 4.39 Å². The summed E-state index contributed by atoms with van der Waals surface area (Å²) in [6.45, 7) is 0. The number of halogens is 1. The Kier molecular flexibility index (Phi) is 3.98. The lowest BCUT2D eigenvalue weighted by molar-refractivity contribution is -0.113. The summed E-state index contributed by atoms with van der Waals surface area (Å²) in [4.78, 5) is 11.6. The van der Waals surface area contributed by atoms with Gasteiger partial charge < -0.3 is 0 Å². The van der Waals surface area contributed by atoms with E-state index in [-0.39, 0.29) is 26.5 Å². The summed E-state index contributed by atoms with van der Waals surface area (Å²) in [5, 5.41) is 5.01. The molecule has 0 fully saturated rings. The number of nitrogens with one attached hydrogen (secondary N) is 1. The number of hydrogen-bond donors (Lipinski definition) is 2. The van der Waals surface area contributed by atoms with E-state index < -0.39 is 31.8 Å². The molecule has 0 atom stereocenters. The molecule has 3 rings (SSSR count). The Morgan fingerprint density at radius 2 is 1.44 bits per heavy atom. The van der Waals surface area contributed by atoms with E-state index in [9.17, 15) is 26.0 Å². The van der Waals surface area contributed by atoms with Crippen molar-refractivity contribution in [2.45, 2.75) is 4.90 Å². The number of hydrogen-bond acceptors (Lipinski definition) is 5. The van der Waals surface area contributed by atoms with Crippen molar-refractivity contribution in [2.24, 2.45) is 5.14 Å². The van der Waals surface area contributed by atoms with Crippen LogP contribution in [0.25, 0.3) is 10.5 Å². The predicted molar refractivity (Wildman–Crippen MR) is 88.1 cm³/mol. The molecule has 1 aliphatic heterocycles. The van der Waals surface area contributed by atoms with Crippen LogP contribution in [0, 0.1) is 5.82 Å². The van der Waals surface area contributed by atoms with Crippen molar-refractivity contribution >= 4 is 36.4 Å². The zero-order chi connectivity index (χ0) is 18.4. The first-order valence-corrected chi connectivity index (χ1v) is 9.83. The normalized spacial score (nSPS) is 16.8. The maximum atomic E-state index is 13.1. The van der Waals surface area contributed by atoms with E-state index in [1.807, 2.05) is 4.72 Å². The van der Waals surface area contributed by atoms with Gasteiger partial charge in [0.05, 0.1) is 10.5 Å². The van der Waals surface area contributed by atoms with Crippen LogP contribution in [0.3, 0.4) is 0 Å². The van der Waals surface area contributed by atoms with Gasteiger partial charge in [0.15, 0.2) is 0 Å². The van der Waals surface area contributed by atoms with Gasteiger partial charge in [-0.15, -0.1) is 0 Å². The Hall–Kier alpha value is -2.56. The molecule has 130 valence electrons. The van der Waals surface area contributed by atoms with Crippen LogP contribution in [0.15, 0.2) is 53.4 Å². The molecule has 1 aliphatic rings. The third-order valence-corrected chi connectivity index (χ3v) is 5.89. The van der Waals surface area contributed by atoms with E-state index >= 15 is 0 Å². The molecule has 0 unspecified atom stereocenters. The summed E-state index contributed by atoms with van der Waals surface area (Å²) in [6, 6.07) is 9.50. The van der Waals surface area contributed by atoms with Gasteiger partial charge in [0.25, 0.3) is 15.9 Å². The minimum Gasteiger partial charge on any atom is -0.268 e. The SMILES string of the molecule is NS(=O)(=O)c1ccc(C2=C(c3ccc(F)cc3)C(=O)NS2(=O)=O)cc1. The number of benzene rings is 2. The highest BCUT2D eigenvalue weighted by molar-refractivity contribution is 8.00. The Bertz CT molecular complexity index is 1100. The van der Waals surface area contributed by atoms with Crippen LogP contribution in [0.1, 0.15) is 11.1 Å². The molecule has 0 radical (unpaired) electrons. The first-order valence-electron chi connectivity index (χ1n) is 6.80. The van der Waals surface area contributed by atoms with E-state index in [1.165, 1.54) is 24.3 Å². The fraction of sp³-hybridized carbons (Fsp3) is 0. The molecule has 2 aromatic rings. The van der Waals surface area contributed by atoms with Crippen LogP contribution in [-0.4, -0.2) is 22.7 Å². The van der Waals surface area contributed by atoms with E-state index in [4.69, 9.17) is 5.14 Å². The second kappa shape index (κ2) is 5.76. The van der Waals surface area contributed by atoms with Gasteiger partial charge in [-0.05, 0) is 35.4 Å². The molecule has 10 heteroatoms. The van der Waals surface area contributed by atoms with Crippen molar-refractivity contribution in [3.05, 3.63) is 65.5 Å². The van der Waals surface area contributed by atoms with Gasteiger partial charge in [0, 0.05) is 0 Å². The zero-order valence-electron chi connectivity index (χ0n) is 12.4. The lowest BCUT2D eigenvalue weighted by Gasteiger charge is -2.06. The van der Waals surface area contributed by atoms with Crippen molar-refractivity contribution in [1.29, 1.82) is 0 Å². The summed E-state index contributed by atoms with van der Waals surface area (Å²) < 4.78 is 62.2. The standard InChI is InChI=1S/C15H11FN2O5S2/c16-11-5-1-9(2-6-11)13-14(25(22,23)18-15(13)19)10-3-7-12(8-4-10)24(17,20)21/h1-8H,(H,18,19)(H2,17,20,21). The quantitative estimate of drug-likeness (QED) is 0.813. The topological polar surface area (TPSA) is 123 Å². The van der Waals surface area contributed by atoms with E-state index in [2.05, 4.69) is 0 Å². The number of rotatable bonds is 3. The molecule has 0 aliphatic carbocycles. The molecular formula is C15H11FN2O5S2. The van der Waals surface area contributed by atoms with Gasteiger partial charge in [-0.3, -0.25) is 4.79 Å². The largest absolute Gasteiger partial charge is 0.268 e. The van der Waals surface area contributed by atoms with Crippen molar-refractivity contribution in [3.63, 3.8) is 0 Å². The summed E-state index contributed by atoms with van der Waals surface area (Å²) in [5.41, 5.74) is 0.166. The number of nitrogens with two attached hydrogens (primary N) is 1. The van der Waals surface area contributed by atoms with Gasteiger partial charge in [-0.25, -0.2) is 31.1 Å². The lowest BCUT2D eigenvalue weighted by atomic mass is 10.0. The number of primary sulfonamides is 1. The molecular weight excluding hydrogens is 371 g/mol. The van der Waals surface area contributed by atoms with Crippen LogP contribution in [-0.2, 0) is 24.8 Å². The van der Waals surface area contributed by atoms with Crippen LogP contribution >= 0.6 is 0 Å². The lowest BCUT2D eigenvalue weighted by Crippen LogP contribution is -2.23. The van der Waals surface area contributed by atoms with Gasteiger partial charge in [-0.2, -0.15) is 0 Å². The Morgan fingerprint density at radius 1 is 0.920 bits per heavy atom. The number of carbonyl (C=O) groups excluding carboxylic acids is 1. The molecule has 0 saturated heterocycles. The summed E-state index contributed by atoms with van der Waals surface area (Å²) >= 11 is 0. The monoisotopic (exact) mass is 382 g/mol. The second-order valence-corrected chi connectivity index (χ2v) is 8.40. The highest BCUT2D eigenvalue weighted by Crippen LogP contribution is 2.35. The van der Waals surface area contributed by atoms with Gasteiger partial charge in [-0.1, -0.05) is 24.3 Å². The fourth-order valence-corrected chi connectivity index (χ4v) is 4.33. The maximum absolute atomic E-state index is 13.1. The molecule has 2 aromatic carbocycles. The third kappa shape index (κ3) is 3.18. The third-order valence-electron chi connectivity index (χ3n) is 3.53.